The van der Waals surface area contributed by atoms with E-state index in [0.29, 0.717) is 0 Å². The van der Waals surface area contributed by atoms with Crippen molar-refractivity contribution < 1.29 is 22.0 Å². The molecule has 212 valence electrons. The van der Waals surface area contributed by atoms with Crippen molar-refractivity contribution in [3.8, 4) is 16.9 Å². The van der Waals surface area contributed by atoms with Crippen LogP contribution in [0.4, 0.5) is 14.6 Å². The van der Waals surface area contributed by atoms with Crippen LogP contribution in [0.15, 0.2) is 65.1 Å². The largest absolute Gasteiger partial charge is 0.355 e. The molecule has 1 aliphatic heterocycles. The van der Waals surface area contributed by atoms with Crippen molar-refractivity contribution in [2.45, 2.75) is 17.9 Å². The lowest BCUT2D eigenvalue weighted by atomic mass is 10.1. The van der Waals surface area contributed by atoms with Gasteiger partial charge < -0.3 is 9.80 Å². The molecule has 15 heteroatoms. The van der Waals surface area contributed by atoms with E-state index >= 15 is 4.39 Å². The standard InChI is InChI=1S/C26H22ClF2N7O4S/c1-3-21(37)34-9-10-35(14(2)13-34)24-15-11-18(29)23(22-16(27)5-4-6-17(22)28)32-25(15)36(26(38)33-24)19-12-31-8-7-20(19)41(30,39)40/h3-8,11-12,14H,1,9-10,13H2,2H3,(H2,30,39,40)/t14-/m0/s1. The van der Waals surface area contributed by atoms with Crippen molar-refractivity contribution >= 4 is 44.4 Å². The Kier molecular flexibility index (Phi) is 7.32. The minimum atomic E-state index is -4.37. The van der Waals surface area contributed by atoms with Gasteiger partial charge in [0.2, 0.25) is 15.9 Å². The van der Waals surface area contributed by atoms with E-state index in [4.69, 9.17) is 16.7 Å². The number of amides is 1. The van der Waals surface area contributed by atoms with Gasteiger partial charge in [-0.05, 0) is 37.3 Å². The second kappa shape index (κ2) is 10.6. The van der Waals surface area contributed by atoms with Crippen molar-refractivity contribution in [2.75, 3.05) is 24.5 Å². The molecule has 1 aliphatic rings. The first kappa shape index (κ1) is 28.3. The van der Waals surface area contributed by atoms with E-state index in [-0.39, 0.29) is 64.7 Å². The third-order valence-corrected chi connectivity index (χ3v) is 7.97. The number of aromatic nitrogens is 4. The van der Waals surface area contributed by atoms with Gasteiger partial charge in [0.15, 0.2) is 11.5 Å². The first-order valence-corrected chi connectivity index (χ1v) is 14.1. The average Bonchev–Trinajstić information content (AvgIpc) is 2.92. The molecular formula is C26H22ClF2N7O4S. The molecule has 0 radical (unpaired) electrons. The van der Waals surface area contributed by atoms with Gasteiger partial charge in [-0.25, -0.2) is 36.7 Å². The molecule has 1 atom stereocenters. The van der Waals surface area contributed by atoms with Gasteiger partial charge in [0, 0.05) is 31.9 Å². The number of pyridine rings is 2. The number of hydrogen-bond acceptors (Lipinski definition) is 8. The molecule has 1 amide bonds. The summed E-state index contributed by atoms with van der Waals surface area (Å²) in [5.74, 6) is -2.06. The van der Waals surface area contributed by atoms with Gasteiger partial charge >= 0.3 is 5.69 Å². The van der Waals surface area contributed by atoms with Crippen LogP contribution >= 0.6 is 11.6 Å². The maximum atomic E-state index is 15.7. The molecule has 3 aromatic heterocycles. The number of primary sulfonamides is 1. The number of nitrogens with zero attached hydrogens (tertiary/aromatic N) is 6. The molecule has 0 unspecified atom stereocenters. The Morgan fingerprint density at radius 2 is 1.95 bits per heavy atom. The molecule has 4 heterocycles. The number of anilines is 1. The molecule has 0 spiro atoms. The number of carbonyl (C=O) groups is 1. The molecular weight excluding hydrogens is 580 g/mol. The molecule has 1 saturated heterocycles. The summed E-state index contributed by atoms with van der Waals surface area (Å²) >= 11 is 6.20. The number of benzene rings is 1. The zero-order valence-corrected chi connectivity index (χ0v) is 23.0. The fourth-order valence-electron chi connectivity index (χ4n) is 4.82. The first-order valence-electron chi connectivity index (χ1n) is 12.1. The number of hydrogen-bond donors (Lipinski definition) is 1. The highest BCUT2D eigenvalue weighted by Gasteiger charge is 2.31. The third kappa shape index (κ3) is 5.05. The van der Waals surface area contributed by atoms with Crippen molar-refractivity contribution in [1.29, 1.82) is 0 Å². The first-order chi connectivity index (χ1) is 19.4. The van der Waals surface area contributed by atoms with Crippen molar-refractivity contribution in [3.05, 3.63) is 82.5 Å². The topological polar surface area (TPSA) is 144 Å². The van der Waals surface area contributed by atoms with Crippen LogP contribution in [0.3, 0.4) is 0 Å². The maximum absolute atomic E-state index is 15.7. The molecule has 0 bridgehead atoms. The van der Waals surface area contributed by atoms with Crippen LogP contribution in [0, 0.1) is 11.6 Å². The van der Waals surface area contributed by atoms with Gasteiger partial charge in [0.25, 0.3) is 0 Å². The quantitative estimate of drug-likeness (QED) is 0.344. The van der Waals surface area contributed by atoms with Crippen LogP contribution in [0.2, 0.25) is 5.02 Å². The van der Waals surface area contributed by atoms with Crippen LogP contribution in [-0.4, -0.2) is 64.4 Å². The van der Waals surface area contributed by atoms with Crippen LogP contribution in [0.5, 0.6) is 0 Å². The number of piperazine rings is 1. The summed E-state index contributed by atoms with van der Waals surface area (Å²) in [4.78, 5) is 41.0. The molecule has 2 N–H and O–H groups in total. The summed E-state index contributed by atoms with van der Waals surface area (Å²) in [5, 5.41) is 5.28. The lowest BCUT2D eigenvalue weighted by Gasteiger charge is -2.40. The lowest BCUT2D eigenvalue weighted by Crippen LogP contribution is -2.54. The lowest BCUT2D eigenvalue weighted by molar-refractivity contribution is -0.126. The van der Waals surface area contributed by atoms with Gasteiger partial charge in [-0.3, -0.25) is 9.78 Å². The summed E-state index contributed by atoms with van der Waals surface area (Å²) in [7, 11) is -4.37. The fraction of sp³-hybridized carbons (Fsp3) is 0.192. The number of fused-ring (bicyclic) bond motifs is 1. The fourth-order valence-corrected chi connectivity index (χ4v) is 5.76. The van der Waals surface area contributed by atoms with Crippen molar-refractivity contribution in [1.82, 2.24) is 24.4 Å². The molecule has 41 heavy (non-hydrogen) atoms. The minimum Gasteiger partial charge on any atom is -0.350 e. The molecule has 1 aromatic carbocycles. The number of halogens is 3. The van der Waals surface area contributed by atoms with Crippen LogP contribution in [0.25, 0.3) is 28.0 Å². The monoisotopic (exact) mass is 601 g/mol. The molecule has 0 aliphatic carbocycles. The second-order valence-electron chi connectivity index (χ2n) is 9.26. The zero-order valence-electron chi connectivity index (χ0n) is 21.5. The second-order valence-corrected chi connectivity index (χ2v) is 11.2. The summed E-state index contributed by atoms with van der Waals surface area (Å²) in [5.41, 5.74) is -2.38. The van der Waals surface area contributed by atoms with E-state index in [1.165, 1.54) is 24.4 Å². The highest BCUT2D eigenvalue weighted by molar-refractivity contribution is 7.89. The Bertz CT molecular complexity index is 1880. The van der Waals surface area contributed by atoms with E-state index in [1.807, 2.05) is 0 Å². The van der Waals surface area contributed by atoms with E-state index in [2.05, 4.69) is 21.5 Å². The Morgan fingerprint density at radius 1 is 1.20 bits per heavy atom. The van der Waals surface area contributed by atoms with E-state index in [0.717, 1.165) is 29.0 Å². The minimum absolute atomic E-state index is 0.0119. The van der Waals surface area contributed by atoms with Gasteiger partial charge in [-0.15, -0.1) is 0 Å². The normalized spacial score (nSPS) is 15.8. The molecule has 5 rings (SSSR count). The molecule has 1 fully saturated rings. The zero-order chi connectivity index (χ0) is 29.6. The molecule has 4 aromatic rings. The van der Waals surface area contributed by atoms with Crippen molar-refractivity contribution in [3.63, 3.8) is 0 Å². The van der Waals surface area contributed by atoms with Gasteiger partial charge in [0.1, 0.15) is 22.2 Å². The van der Waals surface area contributed by atoms with Crippen LogP contribution in [-0.2, 0) is 14.8 Å². The van der Waals surface area contributed by atoms with E-state index in [9.17, 15) is 22.4 Å². The summed E-state index contributed by atoms with van der Waals surface area (Å²) in [6.07, 6.45) is 3.44. The van der Waals surface area contributed by atoms with E-state index in [1.54, 1.807) is 16.7 Å². The summed E-state index contributed by atoms with van der Waals surface area (Å²) < 4.78 is 56.2. The predicted molar refractivity (Wildman–Crippen MR) is 148 cm³/mol. The predicted octanol–water partition coefficient (Wildman–Crippen LogP) is 2.64. The smallest absolute Gasteiger partial charge is 0.350 e. The van der Waals surface area contributed by atoms with Gasteiger partial charge in [-0.2, -0.15) is 4.98 Å². The Morgan fingerprint density at radius 3 is 2.61 bits per heavy atom. The highest BCUT2D eigenvalue weighted by Crippen LogP contribution is 2.35. The molecule has 0 saturated carbocycles. The van der Waals surface area contributed by atoms with Gasteiger partial charge in [0.05, 0.1) is 27.9 Å². The Balaban J connectivity index is 1.83. The SMILES string of the molecule is C=CC(=O)N1CCN(c2nc(=O)n(-c3cnccc3S(N)(=O)=O)c3nc(-c4c(F)cccc4Cl)c(F)cc23)[C@@H](C)C1. The Hall–Kier alpha value is -4.27. The van der Waals surface area contributed by atoms with E-state index < -0.39 is 37.9 Å². The van der Waals surface area contributed by atoms with Crippen LogP contribution in [0.1, 0.15) is 6.92 Å². The number of nitrogens with two attached hydrogens (primary N) is 1. The maximum Gasteiger partial charge on any atom is 0.355 e. The highest BCUT2D eigenvalue weighted by atomic mass is 35.5. The summed E-state index contributed by atoms with van der Waals surface area (Å²) in [6.45, 7) is 6.04. The third-order valence-electron chi connectivity index (χ3n) is 6.70. The number of rotatable bonds is 5. The van der Waals surface area contributed by atoms with Gasteiger partial charge in [-0.1, -0.05) is 24.2 Å². The number of sulfonamides is 1. The average molecular weight is 602 g/mol. The number of carbonyl (C=O) groups excluding carboxylic acids is 1. The molecule has 11 nitrogen and oxygen atoms in total. The summed E-state index contributed by atoms with van der Waals surface area (Å²) in [6, 6.07) is 5.50. The Labute approximate surface area is 237 Å². The van der Waals surface area contributed by atoms with Crippen molar-refractivity contribution in [2.24, 2.45) is 5.14 Å². The van der Waals surface area contributed by atoms with Crippen LogP contribution < -0.4 is 15.7 Å².